The summed E-state index contributed by atoms with van der Waals surface area (Å²) in [5, 5.41) is 0.487. The predicted molar refractivity (Wildman–Crippen MR) is 110 cm³/mol. The standard InChI is InChI=1S/C22H18FN3OS/c1-15-7-9-16(10-8-15)12-20(27)26(14-17-4-3-11-24-13-17)22-25-21-18(23)5-2-6-19(21)28-22/h2-11,13H,12,14H2,1H3. The molecule has 0 spiro atoms. The molecule has 6 heteroatoms. The van der Waals surface area contributed by atoms with Gasteiger partial charge in [0.2, 0.25) is 5.91 Å². The van der Waals surface area contributed by atoms with Crippen molar-refractivity contribution in [3.05, 3.63) is 89.5 Å². The van der Waals surface area contributed by atoms with Crippen LogP contribution in [0.3, 0.4) is 0 Å². The Balaban J connectivity index is 1.69. The zero-order valence-corrected chi connectivity index (χ0v) is 16.1. The summed E-state index contributed by atoms with van der Waals surface area (Å²) in [5.74, 6) is -0.473. The van der Waals surface area contributed by atoms with Gasteiger partial charge in [-0.1, -0.05) is 53.3 Å². The van der Waals surface area contributed by atoms with E-state index in [0.29, 0.717) is 21.9 Å². The highest BCUT2D eigenvalue weighted by Crippen LogP contribution is 2.31. The van der Waals surface area contributed by atoms with Crippen molar-refractivity contribution in [2.75, 3.05) is 4.90 Å². The number of nitrogens with zero attached hydrogens (tertiary/aromatic N) is 3. The van der Waals surface area contributed by atoms with Crippen molar-refractivity contribution in [1.82, 2.24) is 9.97 Å². The van der Waals surface area contributed by atoms with Crippen molar-refractivity contribution in [2.45, 2.75) is 19.9 Å². The lowest BCUT2D eigenvalue weighted by Gasteiger charge is -2.20. The van der Waals surface area contributed by atoms with E-state index in [-0.39, 0.29) is 18.1 Å². The van der Waals surface area contributed by atoms with E-state index in [1.807, 2.05) is 49.4 Å². The van der Waals surface area contributed by atoms with E-state index in [0.717, 1.165) is 16.7 Å². The maximum absolute atomic E-state index is 14.1. The zero-order chi connectivity index (χ0) is 19.5. The largest absolute Gasteiger partial charge is 0.283 e. The maximum Gasteiger partial charge on any atom is 0.233 e. The van der Waals surface area contributed by atoms with Gasteiger partial charge in [0.25, 0.3) is 0 Å². The molecule has 2 aromatic heterocycles. The lowest BCUT2D eigenvalue weighted by Crippen LogP contribution is -2.31. The van der Waals surface area contributed by atoms with Crippen molar-refractivity contribution in [1.29, 1.82) is 0 Å². The lowest BCUT2D eigenvalue weighted by atomic mass is 10.1. The first-order chi connectivity index (χ1) is 13.6. The molecule has 0 radical (unpaired) electrons. The molecule has 4 aromatic rings. The van der Waals surface area contributed by atoms with Crippen LogP contribution in [-0.2, 0) is 17.8 Å². The first-order valence-electron chi connectivity index (χ1n) is 8.90. The van der Waals surface area contributed by atoms with Gasteiger partial charge in [-0.25, -0.2) is 9.37 Å². The molecule has 4 nitrogen and oxygen atoms in total. The van der Waals surface area contributed by atoms with E-state index in [9.17, 15) is 9.18 Å². The third-order valence-corrected chi connectivity index (χ3v) is 5.47. The number of para-hydroxylation sites is 1. The number of halogens is 1. The highest BCUT2D eigenvalue weighted by atomic mass is 32.1. The van der Waals surface area contributed by atoms with E-state index >= 15 is 0 Å². The topological polar surface area (TPSA) is 46.1 Å². The molecule has 2 aromatic carbocycles. The molecule has 4 rings (SSSR count). The van der Waals surface area contributed by atoms with E-state index < -0.39 is 0 Å². The second-order valence-corrected chi connectivity index (χ2v) is 7.60. The number of aromatic nitrogens is 2. The molecule has 1 amide bonds. The molecule has 0 aliphatic carbocycles. The van der Waals surface area contributed by atoms with Gasteiger partial charge in [0.15, 0.2) is 5.13 Å². The van der Waals surface area contributed by atoms with Crippen molar-refractivity contribution >= 4 is 32.6 Å². The van der Waals surface area contributed by atoms with Crippen LogP contribution in [0.5, 0.6) is 0 Å². The average molecular weight is 391 g/mol. The number of rotatable bonds is 5. The van der Waals surface area contributed by atoms with Gasteiger partial charge in [0.1, 0.15) is 11.3 Å². The summed E-state index contributed by atoms with van der Waals surface area (Å²) >= 11 is 1.31. The summed E-state index contributed by atoms with van der Waals surface area (Å²) < 4.78 is 14.8. The lowest BCUT2D eigenvalue weighted by molar-refractivity contribution is -0.118. The number of fused-ring (bicyclic) bond motifs is 1. The third-order valence-electron chi connectivity index (χ3n) is 4.43. The Kier molecular flexibility index (Phi) is 5.12. The van der Waals surface area contributed by atoms with Gasteiger partial charge in [-0.3, -0.25) is 14.7 Å². The molecule has 0 unspecified atom stereocenters. The molecule has 0 fully saturated rings. The first-order valence-corrected chi connectivity index (χ1v) is 9.71. The Hall–Kier alpha value is -3.12. The summed E-state index contributed by atoms with van der Waals surface area (Å²) in [7, 11) is 0. The number of pyridine rings is 1. The van der Waals surface area contributed by atoms with Crippen LogP contribution in [0.4, 0.5) is 9.52 Å². The number of carbonyl (C=O) groups excluding carboxylic acids is 1. The van der Waals surface area contributed by atoms with Crippen molar-refractivity contribution in [3.63, 3.8) is 0 Å². The van der Waals surface area contributed by atoms with E-state index in [4.69, 9.17) is 0 Å². The Labute approximate surface area is 166 Å². The van der Waals surface area contributed by atoms with E-state index in [2.05, 4.69) is 9.97 Å². The van der Waals surface area contributed by atoms with Gasteiger partial charge in [-0.2, -0.15) is 0 Å². The fourth-order valence-corrected chi connectivity index (χ4v) is 3.93. The van der Waals surface area contributed by atoms with Crippen molar-refractivity contribution in [3.8, 4) is 0 Å². The molecular formula is C22H18FN3OS. The van der Waals surface area contributed by atoms with Gasteiger partial charge in [-0.05, 0) is 36.2 Å². The van der Waals surface area contributed by atoms with Gasteiger partial charge in [-0.15, -0.1) is 0 Å². The van der Waals surface area contributed by atoms with E-state index in [1.165, 1.54) is 17.4 Å². The van der Waals surface area contributed by atoms with Crippen LogP contribution in [0, 0.1) is 12.7 Å². The minimum Gasteiger partial charge on any atom is -0.283 e. The van der Waals surface area contributed by atoms with Gasteiger partial charge >= 0.3 is 0 Å². The van der Waals surface area contributed by atoms with Crippen LogP contribution in [0.1, 0.15) is 16.7 Å². The number of thiazole rings is 1. The van der Waals surface area contributed by atoms with Gasteiger partial charge in [0.05, 0.1) is 17.7 Å². The maximum atomic E-state index is 14.1. The predicted octanol–water partition coefficient (Wildman–Crippen LogP) is 4.91. The second kappa shape index (κ2) is 7.86. The van der Waals surface area contributed by atoms with Crippen LogP contribution in [0.2, 0.25) is 0 Å². The van der Waals surface area contributed by atoms with Crippen molar-refractivity contribution < 1.29 is 9.18 Å². The summed E-state index contributed by atoms with van der Waals surface area (Å²) in [5.41, 5.74) is 3.26. The molecule has 0 saturated carbocycles. The smallest absolute Gasteiger partial charge is 0.233 e. The Morgan fingerprint density at radius 1 is 1.07 bits per heavy atom. The highest BCUT2D eigenvalue weighted by molar-refractivity contribution is 7.22. The number of hydrogen-bond acceptors (Lipinski definition) is 4. The minimum atomic E-state index is -0.382. The molecule has 0 saturated heterocycles. The van der Waals surface area contributed by atoms with Crippen LogP contribution in [-0.4, -0.2) is 15.9 Å². The van der Waals surface area contributed by atoms with E-state index in [1.54, 1.807) is 23.4 Å². The fraction of sp³-hybridized carbons (Fsp3) is 0.136. The van der Waals surface area contributed by atoms with Gasteiger partial charge < -0.3 is 0 Å². The normalized spacial score (nSPS) is 10.9. The summed E-state index contributed by atoms with van der Waals surface area (Å²) in [6.07, 6.45) is 3.66. The minimum absolute atomic E-state index is 0.0906. The molecule has 2 heterocycles. The Morgan fingerprint density at radius 3 is 2.61 bits per heavy atom. The first kappa shape index (κ1) is 18.3. The van der Waals surface area contributed by atoms with Crippen LogP contribution in [0.25, 0.3) is 10.2 Å². The number of carbonyl (C=O) groups is 1. The summed E-state index contributed by atoms with van der Waals surface area (Å²) in [6.45, 7) is 2.34. The molecule has 0 aliphatic heterocycles. The molecule has 28 heavy (non-hydrogen) atoms. The number of aryl methyl sites for hydroxylation is 1. The Morgan fingerprint density at radius 2 is 1.89 bits per heavy atom. The van der Waals surface area contributed by atoms with Crippen LogP contribution >= 0.6 is 11.3 Å². The molecule has 140 valence electrons. The Bertz CT molecular complexity index is 1110. The average Bonchev–Trinajstić information content (AvgIpc) is 3.14. The summed E-state index contributed by atoms with van der Waals surface area (Å²) in [6, 6.07) is 16.5. The molecule has 0 bridgehead atoms. The fourth-order valence-electron chi connectivity index (χ4n) is 2.93. The monoisotopic (exact) mass is 391 g/mol. The number of amides is 1. The molecule has 0 N–H and O–H groups in total. The quantitative estimate of drug-likeness (QED) is 0.485. The second-order valence-electron chi connectivity index (χ2n) is 6.59. The number of hydrogen-bond donors (Lipinski definition) is 0. The number of benzene rings is 2. The molecule has 0 atom stereocenters. The van der Waals surface area contributed by atoms with Gasteiger partial charge in [0, 0.05) is 12.4 Å². The van der Waals surface area contributed by atoms with Crippen molar-refractivity contribution in [2.24, 2.45) is 0 Å². The number of anilines is 1. The summed E-state index contributed by atoms with van der Waals surface area (Å²) in [4.78, 5) is 23.3. The van der Waals surface area contributed by atoms with Crippen LogP contribution in [0.15, 0.2) is 67.0 Å². The zero-order valence-electron chi connectivity index (χ0n) is 15.3. The molecule has 0 aliphatic rings. The highest BCUT2D eigenvalue weighted by Gasteiger charge is 2.21. The third kappa shape index (κ3) is 3.92. The SMILES string of the molecule is Cc1ccc(CC(=O)N(Cc2cccnc2)c2nc3c(F)cccc3s2)cc1. The van der Waals surface area contributed by atoms with Crippen LogP contribution < -0.4 is 4.90 Å². The molecular weight excluding hydrogens is 373 g/mol.